The van der Waals surface area contributed by atoms with E-state index in [4.69, 9.17) is 4.74 Å². The minimum atomic E-state index is -3.90. The first-order chi connectivity index (χ1) is 11.7. The summed E-state index contributed by atoms with van der Waals surface area (Å²) in [6.45, 7) is 2.85. The molecule has 25 heavy (non-hydrogen) atoms. The molecule has 2 rings (SSSR count). The van der Waals surface area contributed by atoms with Gasteiger partial charge in [-0.1, -0.05) is 12.1 Å². The molecule has 2 aromatic carbocycles. The summed E-state index contributed by atoms with van der Waals surface area (Å²) in [5, 5.41) is 2.32. The summed E-state index contributed by atoms with van der Waals surface area (Å²) in [4.78, 5) is 11.9. The second-order valence-electron chi connectivity index (χ2n) is 5.44. The van der Waals surface area contributed by atoms with Gasteiger partial charge in [0.05, 0.1) is 24.2 Å². The molecular formula is C17H19FN2O4S. The van der Waals surface area contributed by atoms with Gasteiger partial charge < -0.3 is 10.1 Å². The van der Waals surface area contributed by atoms with Gasteiger partial charge in [0, 0.05) is 0 Å². The van der Waals surface area contributed by atoms with Gasteiger partial charge in [-0.2, -0.15) is 0 Å². The summed E-state index contributed by atoms with van der Waals surface area (Å²) >= 11 is 0. The van der Waals surface area contributed by atoms with Crippen LogP contribution in [0, 0.1) is 19.7 Å². The van der Waals surface area contributed by atoms with Crippen LogP contribution in [0.2, 0.25) is 0 Å². The van der Waals surface area contributed by atoms with Crippen LogP contribution in [0.25, 0.3) is 0 Å². The number of para-hydroxylation sites is 1. The Balaban J connectivity index is 2.10. The zero-order chi connectivity index (χ0) is 18.6. The Morgan fingerprint density at radius 2 is 1.84 bits per heavy atom. The van der Waals surface area contributed by atoms with Crippen molar-refractivity contribution in [3.8, 4) is 5.75 Å². The Morgan fingerprint density at radius 3 is 2.48 bits per heavy atom. The molecule has 0 aliphatic heterocycles. The molecule has 0 unspecified atom stereocenters. The maximum atomic E-state index is 13.5. The molecular weight excluding hydrogens is 347 g/mol. The van der Waals surface area contributed by atoms with Gasteiger partial charge in [0.15, 0.2) is 0 Å². The number of hydrogen-bond acceptors (Lipinski definition) is 4. The Bertz CT molecular complexity index is 898. The number of sulfonamides is 1. The molecule has 2 N–H and O–H groups in total. The maximum absolute atomic E-state index is 13.5. The van der Waals surface area contributed by atoms with Crippen molar-refractivity contribution >= 4 is 21.6 Å². The number of hydrogen-bond donors (Lipinski definition) is 2. The topological polar surface area (TPSA) is 84.5 Å². The molecule has 0 bridgehead atoms. The van der Waals surface area contributed by atoms with Crippen molar-refractivity contribution in [3.05, 3.63) is 53.3 Å². The van der Waals surface area contributed by atoms with Gasteiger partial charge >= 0.3 is 0 Å². The molecule has 0 fully saturated rings. The molecule has 0 saturated heterocycles. The van der Waals surface area contributed by atoms with Crippen LogP contribution in [0.3, 0.4) is 0 Å². The first kappa shape index (κ1) is 18.9. The Hall–Kier alpha value is -2.45. The molecule has 0 saturated carbocycles. The van der Waals surface area contributed by atoms with Gasteiger partial charge in [0.25, 0.3) is 0 Å². The number of benzene rings is 2. The Labute approximate surface area is 146 Å². The SMILES string of the molecule is COc1cc(C)c(S(=O)(=O)NCC(=O)Nc2ccccc2F)cc1C. The van der Waals surface area contributed by atoms with Gasteiger partial charge in [0.1, 0.15) is 11.6 Å². The van der Waals surface area contributed by atoms with Crippen LogP contribution in [0.1, 0.15) is 11.1 Å². The van der Waals surface area contributed by atoms with Crippen LogP contribution >= 0.6 is 0 Å². The first-order valence-electron chi connectivity index (χ1n) is 7.44. The highest BCUT2D eigenvalue weighted by Gasteiger charge is 2.20. The molecule has 0 aliphatic carbocycles. The number of halogens is 1. The average Bonchev–Trinajstić information content (AvgIpc) is 2.57. The van der Waals surface area contributed by atoms with E-state index in [0.29, 0.717) is 16.9 Å². The zero-order valence-electron chi connectivity index (χ0n) is 14.1. The van der Waals surface area contributed by atoms with Crippen molar-refractivity contribution in [1.82, 2.24) is 4.72 Å². The number of carbonyl (C=O) groups excluding carboxylic acids is 1. The number of aryl methyl sites for hydroxylation is 2. The standard InChI is InChI=1S/C17H19FN2O4S/c1-11-9-16(12(2)8-15(11)24-3)25(22,23)19-10-17(21)20-14-7-5-4-6-13(14)18/h4-9,19H,10H2,1-3H3,(H,20,21). The summed E-state index contributed by atoms with van der Waals surface area (Å²) in [5.74, 6) is -0.689. The van der Waals surface area contributed by atoms with E-state index in [1.165, 1.54) is 31.4 Å². The number of amides is 1. The zero-order valence-corrected chi connectivity index (χ0v) is 14.9. The fourth-order valence-corrected chi connectivity index (χ4v) is 3.56. The first-order valence-corrected chi connectivity index (χ1v) is 8.92. The van der Waals surface area contributed by atoms with Gasteiger partial charge in [-0.15, -0.1) is 0 Å². The number of anilines is 1. The molecule has 0 aliphatic rings. The molecule has 0 heterocycles. The third-order valence-electron chi connectivity index (χ3n) is 3.55. The number of ether oxygens (including phenoxy) is 1. The fraction of sp³-hybridized carbons (Fsp3) is 0.235. The lowest BCUT2D eigenvalue weighted by molar-refractivity contribution is -0.115. The molecule has 6 nitrogen and oxygen atoms in total. The second kappa shape index (κ2) is 7.62. The fourth-order valence-electron chi connectivity index (χ4n) is 2.27. The predicted octanol–water partition coefficient (Wildman–Crippen LogP) is 2.37. The van der Waals surface area contributed by atoms with Crippen LogP contribution in [-0.4, -0.2) is 28.0 Å². The highest BCUT2D eigenvalue weighted by molar-refractivity contribution is 7.89. The van der Waals surface area contributed by atoms with Crippen molar-refractivity contribution in [3.63, 3.8) is 0 Å². The second-order valence-corrected chi connectivity index (χ2v) is 7.18. The van der Waals surface area contributed by atoms with E-state index < -0.39 is 28.3 Å². The van der Waals surface area contributed by atoms with Crippen molar-refractivity contribution in [2.75, 3.05) is 19.0 Å². The lowest BCUT2D eigenvalue weighted by Gasteiger charge is -2.13. The molecule has 134 valence electrons. The molecule has 0 aromatic heterocycles. The lowest BCUT2D eigenvalue weighted by atomic mass is 10.1. The van der Waals surface area contributed by atoms with Crippen LogP contribution in [-0.2, 0) is 14.8 Å². The summed E-state index contributed by atoms with van der Waals surface area (Å²) in [6.07, 6.45) is 0. The highest BCUT2D eigenvalue weighted by atomic mass is 32.2. The summed E-state index contributed by atoms with van der Waals surface area (Å²) in [6, 6.07) is 8.73. The molecule has 0 atom stereocenters. The normalized spacial score (nSPS) is 11.2. The minimum Gasteiger partial charge on any atom is -0.496 e. The van der Waals surface area contributed by atoms with E-state index in [9.17, 15) is 17.6 Å². The van der Waals surface area contributed by atoms with Gasteiger partial charge in [-0.3, -0.25) is 4.79 Å². The molecule has 2 aromatic rings. The lowest BCUT2D eigenvalue weighted by Crippen LogP contribution is -2.33. The van der Waals surface area contributed by atoms with Crippen molar-refractivity contribution < 1.29 is 22.3 Å². The quantitative estimate of drug-likeness (QED) is 0.822. The third-order valence-corrected chi connectivity index (χ3v) is 5.10. The molecule has 0 radical (unpaired) electrons. The Kier molecular flexibility index (Phi) is 5.76. The van der Waals surface area contributed by atoms with E-state index in [-0.39, 0.29) is 10.6 Å². The van der Waals surface area contributed by atoms with Crippen LogP contribution < -0.4 is 14.8 Å². The highest BCUT2D eigenvalue weighted by Crippen LogP contribution is 2.25. The summed E-state index contributed by atoms with van der Waals surface area (Å²) < 4.78 is 45.7. The Morgan fingerprint density at radius 1 is 1.16 bits per heavy atom. The molecule has 8 heteroatoms. The number of rotatable bonds is 6. The average molecular weight is 366 g/mol. The van der Waals surface area contributed by atoms with E-state index in [1.807, 2.05) is 0 Å². The largest absolute Gasteiger partial charge is 0.496 e. The van der Waals surface area contributed by atoms with Crippen LogP contribution in [0.15, 0.2) is 41.3 Å². The van der Waals surface area contributed by atoms with Gasteiger partial charge in [-0.05, 0) is 49.2 Å². The monoisotopic (exact) mass is 366 g/mol. The van der Waals surface area contributed by atoms with Crippen molar-refractivity contribution in [2.45, 2.75) is 18.7 Å². The van der Waals surface area contributed by atoms with Crippen molar-refractivity contribution in [2.24, 2.45) is 0 Å². The van der Waals surface area contributed by atoms with Gasteiger partial charge in [-0.25, -0.2) is 17.5 Å². The van der Waals surface area contributed by atoms with E-state index in [1.54, 1.807) is 26.0 Å². The van der Waals surface area contributed by atoms with E-state index >= 15 is 0 Å². The van der Waals surface area contributed by atoms with Crippen LogP contribution in [0.4, 0.5) is 10.1 Å². The smallest absolute Gasteiger partial charge is 0.241 e. The summed E-state index contributed by atoms with van der Waals surface area (Å²) in [7, 11) is -2.39. The van der Waals surface area contributed by atoms with E-state index in [0.717, 1.165) is 0 Å². The minimum absolute atomic E-state index is 0.0110. The van der Waals surface area contributed by atoms with Gasteiger partial charge in [0.2, 0.25) is 15.9 Å². The van der Waals surface area contributed by atoms with Crippen molar-refractivity contribution in [1.29, 1.82) is 0 Å². The third kappa shape index (κ3) is 4.55. The molecule has 1 amide bonds. The maximum Gasteiger partial charge on any atom is 0.241 e. The molecule has 0 spiro atoms. The predicted molar refractivity (Wildman–Crippen MR) is 92.7 cm³/mol. The number of nitrogens with one attached hydrogen (secondary N) is 2. The summed E-state index contributed by atoms with van der Waals surface area (Å²) in [5.41, 5.74) is 1.14. The number of carbonyl (C=O) groups is 1. The van der Waals surface area contributed by atoms with E-state index in [2.05, 4.69) is 10.0 Å². The number of methoxy groups -OCH3 is 1. The van der Waals surface area contributed by atoms with Crippen LogP contribution in [0.5, 0.6) is 5.75 Å².